The van der Waals surface area contributed by atoms with Gasteiger partial charge in [-0.2, -0.15) is 0 Å². The number of hydrogen-bond donors (Lipinski definition) is 0. The second-order valence-electron chi connectivity index (χ2n) is 3.86. The van der Waals surface area contributed by atoms with Crippen LogP contribution in [0.15, 0.2) is 42.5 Å². The van der Waals surface area contributed by atoms with E-state index in [2.05, 4.69) is 0 Å². The van der Waals surface area contributed by atoms with E-state index in [1.807, 2.05) is 6.92 Å². The highest BCUT2D eigenvalue weighted by atomic mass is 35.5. The molecule has 0 spiro atoms. The Morgan fingerprint density at radius 2 is 1.74 bits per heavy atom. The fraction of sp³-hybridized carbons (Fsp3) is 0.200. The maximum atomic E-state index is 13.5. The van der Waals surface area contributed by atoms with Gasteiger partial charge in [0.15, 0.2) is 0 Å². The van der Waals surface area contributed by atoms with Crippen LogP contribution in [-0.2, 0) is 5.88 Å². The molecule has 0 aliphatic heterocycles. The van der Waals surface area contributed by atoms with Gasteiger partial charge < -0.3 is 9.47 Å². The van der Waals surface area contributed by atoms with Gasteiger partial charge in [0, 0.05) is 5.56 Å². The van der Waals surface area contributed by atoms with Gasteiger partial charge in [0.2, 0.25) is 0 Å². The Bertz CT molecular complexity index is 540. The maximum absolute atomic E-state index is 13.5. The Kier molecular flexibility index (Phi) is 4.63. The summed E-state index contributed by atoms with van der Waals surface area (Å²) < 4.78 is 24.5. The highest BCUT2D eigenvalue weighted by molar-refractivity contribution is 6.17. The van der Waals surface area contributed by atoms with Crippen molar-refractivity contribution in [2.45, 2.75) is 12.8 Å². The van der Waals surface area contributed by atoms with Crippen LogP contribution in [0.1, 0.15) is 12.5 Å². The van der Waals surface area contributed by atoms with Crippen LogP contribution >= 0.6 is 11.6 Å². The summed E-state index contributed by atoms with van der Waals surface area (Å²) in [7, 11) is 0. The second kappa shape index (κ2) is 6.43. The van der Waals surface area contributed by atoms with E-state index in [1.54, 1.807) is 36.4 Å². The topological polar surface area (TPSA) is 18.5 Å². The van der Waals surface area contributed by atoms with E-state index in [-0.39, 0.29) is 11.7 Å². The summed E-state index contributed by atoms with van der Waals surface area (Å²) in [4.78, 5) is 0. The number of alkyl halides is 1. The molecule has 0 radical (unpaired) electrons. The van der Waals surface area contributed by atoms with Crippen molar-refractivity contribution in [3.63, 3.8) is 0 Å². The first kappa shape index (κ1) is 13.7. The zero-order valence-electron chi connectivity index (χ0n) is 10.5. The molecule has 100 valence electrons. The SMILES string of the molecule is CCOc1ccc(Oc2cccc(F)c2CCl)cc1. The molecule has 2 aromatic rings. The summed E-state index contributed by atoms with van der Waals surface area (Å²) in [5, 5.41) is 0. The van der Waals surface area contributed by atoms with Crippen molar-refractivity contribution < 1.29 is 13.9 Å². The van der Waals surface area contributed by atoms with Gasteiger partial charge in [-0.15, -0.1) is 11.6 Å². The molecular weight excluding hydrogens is 267 g/mol. The van der Waals surface area contributed by atoms with Crippen molar-refractivity contribution in [3.8, 4) is 17.2 Å². The number of halogens is 2. The van der Waals surface area contributed by atoms with E-state index in [9.17, 15) is 4.39 Å². The van der Waals surface area contributed by atoms with Gasteiger partial charge in [-0.05, 0) is 43.3 Å². The van der Waals surface area contributed by atoms with Crippen LogP contribution in [0, 0.1) is 5.82 Å². The van der Waals surface area contributed by atoms with Crippen LogP contribution in [0.5, 0.6) is 17.2 Å². The molecule has 0 N–H and O–H groups in total. The molecule has 2 rings (SSSR count). The minimum absolute atomic E-state index is 0.0685. The third kappa shape index (κ3) is 3.38. The summed E-state index contributed by atoms with van der Waals surface area (Å²) in [6, 6.07) is 11.8. The molecule has 0 unspecified atom stereocenters. The molecule has 19 heavy (non-hydrogen) atoms. The molecule has 4 heteroatoms. The Hall–Kier alpha value is -1.74. The minimum Gasteiger partial charge on any atom is -0.494 e. The van der Waals surface area contributed by atoms with Gasteiger partial charge in [0.1, 0.15) is 23.1 Å². The van der Waals surface area contributed by atoms with Crippen LogP contribution in [0.3, 0.4) is 0 Å². The number of benzene rings is 2. The largest absolute Gasteiger partial charge is 0.494 e. The third-order valence-corrected chi connectivity index (χ3v) is 2.84. The molecule has 0 aliphatic rings. The van der Waals surface area contributed by atoms with Crippen molar-refractivity contribution in [1.29, 1.82) is 0 Å². The lowest BCUT2D eigenvalue weighted by Crippen LogP contribution is -1.94. The summed E-state index contributed by atoms with van der Waals surface area (Å²) >= 11 is 5.73. The smallest absolute Gasteiger partial charge is 0.134 e. The van der Waals surface area contributed by atoms with Gasteiger partial charge in [0.05, 0.1) is 12.5 Å². The lowest BCUT2D eigenvalue weighted by molar-refractivity contribution is 0.339. The zero-order valence-corrected chi connectivity index (χ0v) is 11.3. The highest BCUT2D eigenvalue weighted by Crippen LogP contribution is 2.29. The summed E-state index contributed by atoms with van der Waals surface area (Å²) in [5.41, 5.74) is 0.359. The monoisotopic (exact) mass is 280 g/mol. The quantitative estimate of drug-likeness (QED) is 0.736. The van der Waals surface area contributed by atoms with Crippen LogP contribution in [-0.4, -0.2) is 6.61 Å². The summed E-state index contributed by atoms with van der Waals surface area (Å²) in [6.45, 7) is 2.53. The molecule has 0 bridgehead atoms. The lowest BCUT2D eigenvalue weighted by Gasteiger charge is -2.10. The van der Waals surface area contributed by atoms with E-state index in [4.69, 9.17) is 21.1 Å². The molecule has 0 aromatic heterocycles. The Balaban J connectivity index is 2.19. The number of hydrogen-bond acceptors (Lipinski definition) is 2. The standard InChI is InChI=1S/C15H14ClFO2/c1-2-18-11-6-8-12(9-7-11)19-15-5-3-4-14(17)13(15)10-16/h3-9H,2,10H2,1H3. The van der Waals surface area contributed by atoms with E-state index >= 15 is 0 Å². The van der Waals surface area contributed by atoms with Crippen LogP contribution < -0.4 is 9.47 Å². The Morgan fingerprint density at radius 3 is 2.37 bits per heavy atom. The normalized spacial score (nSPS) is 10.3. The van der Waals surface area contributed by atoms with Gasteiger partial charge in [-0.25, -0.2) is 4.39 Å². The van der Waals surface area contributed by atoms with Gasteiger partial charge in [-0.1, -0.05) is 6.07 Å². The predicted molar refractivity (Wildman–Crippen MR) is 73.6 cm³/mol. The maximum Gasteiger partial charge on any atom is 0.134 e. The van der Waals surface area contributed by atoms with Crippen molar-refractivity contribution in [3.05, 3.63) is 53.8 Å². The third-order valence-electron chi connectivity index (χ3n) is 2.57. The average molecular weight is 281 g/mol. The minimum atomic E-state index is -0.363. The highest BCUT2D eigenvalue weighted by Gasteiger charge is 2.09. The first-order chi connectivity index (χ1) is 9.24. The van der Waals surface area contributed by atoms with E-state index < -0.39 is 0 Å². The van der Waals surface area contributed by atoms with Crippen molar-refractivity contribution in [1.82, 2.24) is 0 Å². The lowest BCUT2D eigenvalue weighted by atomic mass is 10.2. The Labute approximate surface area is 116 Å². The summed E-state index contributed by atoms with van der Waals surface area (Å²) in [6.07, 6.45) is 0. The molecule has 0 saturated carbocycles. The van der Waals surface area contributed by atoms with Crippen molar-refractivity contribution in [2.24, 2.45) is 0 Å². The molecule has 0 amide bonds. The van der Waals surface area contributed by atoms with E-state index in [1.165, 1.54) is 6.07 Å². The molecule has 0 atom stereocenters. The fourth-order valence-corrected chi connectivity index (χ4v) is 1.92. The second-order valence-corrected chi connectivity index (χ2v) is 4.12. The molecule has 0 fully saturated rings. The van der Waals surface area contributed by atoms with E-state index in [0.717, 1.165) is 5.75 Å². The molecule has 0 aliphatic carbocycles. The average Bonchev–Trinajstić information content (AvgIpc) is 2.42. The van der Waals surface area contributed by atoms with Crippen molar-refractivity contribution >= 4 is 11.6 Å². The number of rotatable bonds is 5. The first-order valence-electron chi connectivity index (χ1n) is 5.98. The first-order valence-corrected chi connectivity index (χ1v) is 6.52. The summed E-state index contributed by atoms with van der Waals surface area (Å²) in [5.74, 6) is 1.52. The Morgan fingerprint density at radius 1 is 1.05 bits per heavy atom. The molecule has 0 saturated heterocycles. The van der Waals surface area contributed by atoms with Crippen LogP contribution in [0.25, 0.3) is 0 Å². The fourth-order valence-electron chi connectivity index (χ4n) is 1.66. The molecular formula is C15H14ClFO2. The van der Waals surface area contributed by atoms with Crippen LogP contribution in [0.4, 0.5) is 4.39 Å². The zero-order chi connectivity index (χ0) is 13.7. The molecule has 2 aromatic carbocycles. The van der Waals surface area contributed by atoms with Gasteiger partial charge in [0.25, 0.3) is 0 Å². The molecule has 2 nitrogen and oxygen atoms in total. The van der Waals surface area contributed by atoms with Crippen molar-refractivity contribution in [2.75, 3.05) is 6.61 Å². The van der Waals surface area contributed by atoms with Crippen LogP contribution in [0.2, 0.25) is 0 Å². The molecule has 0 heterocycles. The van der Waals surface area contributed by atoms with Gasteiger partial charge in [-0.3, -0.25) is 0 Å². The van der Waals surface area contributed by atoms with Gasteiger partial charge >= 0.3 is 0 Å². The predicted octanol–water partition coefficient (Wildman–Crippen LogP) is 4.76. The number of ether oxygens (including phenoxy) is 2. The van der Waals surface area contributed by atoms with E-state index in [0.29, 0.717) is 23.7 Å².